The molecule has 0 unspecified atom stereocenters. The summed E-state index contributed by atoms with van der Waals surface area (Å²) >= 11 is 8.15. The van der Waals surface area contributed by atoms with Crippen molar-refractivity contribution in [3.8, 4) is 0 Å². The van der Waals surface area contributed by atoms with Crippen LogP contribution in [0.1, 0.15) is 5.56 Å². The zero-order chi connectivity index (χ0) is 10.7. The van der Waals surface area contributed by atoms with E-state index in [-0.39, 0.29) is 0 Å². The fourth-order valence-electron chi connectivity index (χ4n) is 1.72. The zero-order valence-corrected chi connectivity index (χ0v) is 10.2. The Labute approximate surface area is 99.8 Å². The summed E-state index contributed by atoms with van der Waals surface area (Å²) in [6, 6.07) is 6.17. The average molecular weight is 243 g/mol. The van der Waals surface area contributed by atoms with Gasteiger partial charge in [-0.3, -0.25) is 0 Å². The highest BCUT2D eigenvalue weighted by Crippen LogP contribution is 2.25. The molecule has 82 valence electrons. The molecule has 15 heavy (non-hydrogen) atoms. The van der Waals surface area contributed by atoms with E-state index in [0.29, 0.717) is 6.54 Å². The predicted molar refractivity (Wildman–Crippen MR) is 68.9 cm³/mol. The summed E-state index contributed by atoms with van der Waals surface area (Å²) in [6.45, 7) is 2.74. The molecule has 0 aromatic heterocycles. The standard InChI is InChI=1S/C11H15ClN2S/c12-11-7-10(2-1-9(11)8-13)14-3-5-15-6-4-14/h1-2,7H,3-6,8,13H2. The first-order valence-electron chi connectivity index (χ1n) is 5.12. The molecule has 0 radical (unpaired) electrons. The van der Waals surface area contributed by atoms with E-state index in [0.717, 1.165) is 23.7 Å². The number of hydrogen-bond donors (Lipinski definition) is 1. The molecule has 1 aliphatic rings. The third-order valence-corrected chi connectivity index (χ3v) is 3.93. The van der Waals surface area contributed by atoms with Crippen LogP contribution in [0.15, 0.2) is 18.2 Å². The number of thioether (sulfide) groups is 1. The third-order valence-electron chi connectivity index (χ3n) is 2.63. The van der Waals surface area contributed by atoms with Gasteiger partial charge in [-0.25, -0.2) is 0 Å². The fraction of sp³-hybridized carbons (Fsp3) is 0.455. The van der Waals surface area contributed by atoms with Crippen LogP contribution in [0.3, 0.4) is 0 Å². The lowest BCUT2D eigenvalue weighted by Crippen LogP contribution is -2.32. The maximum absolute atomic E-state index is 6.14. The van der Waals surface area contributed by atoms with Gasteiger partial charge in [-0.1, -0.05) is 17.7 Å². The molecule has 1 fully saturated rings. The number of rotatable bonds is 2. The quantitative estimate of drug-likeness (QED) is 0.864. The van der Waals surface area contributed by atoms with Gasteiger partial charge < -0.3 is 10.6 Å². The number of benzene rings is 1. The average Bonchev–Trinajstić information content (AvgIpc) is 2.30. The van der Waals surface area contributed by atoms with Crippen molar-refractivity contribution in [3.63, 3.8) is 0 Å². The minimum atomic E-state index is 0.509. The Hall–Kier alpha value is -0.380. The van der Waals surface area contributed by atoms with E-state index in [1.54, 1.807) is 0 Å². The van der Waals surface area contributed by atoms with Gasteiger partial charge in [0.15, 0.2) is 0 Å². The normalized spacial score (nSPS) is 16.8. The number of halogens is 1. The highest BCUT2D eigenvalue weighted by atomic mass is 35.5. The molecule has 1 aromatic carbocycles. The molecule has 1 heterocycles. The maximum atomic E-state index is 6.14. The first-order valence-corrected chi connectivity index (χ1v) is 6.65. The molecule has 0 saturated carbocycles. The van der Waals surface area contributed by atoms with Gasteiger partial charge in [0.1, 0.15) is 0 Å². The number of nitrogens with zero attached hydrogens (tertiary/aromatic N) is 1. The van der Waals surface area contributed by atoms with Crippen LogP contribution in [0.2, 0.25) is 5.02 Å². The second kappa shape index (κ2) is 5.10. The third kappa shape index (κ3) is 2.60. The molecular weight excluding hydrogens is 228 g/mol. The summed E-state index contributed by atoms with van der Waals surface area (Å²) in [6.07, 6.45) is 0. The van der Waals surface area contributed by atoms with E-state index in [4.69, 9.17) is 17.3 Å². The van der Waals surface area contributed by atoms with Crippen LogP contribution in [-0.2, 0) is 6.54 Å². The lowest BCUT2D eigenvalue weighted by molar-refractivity contribution is 0.858. The second-order valence-corrected chi connectivity index (χ2v) is 5.21. The van der Waals surface area contributed by atoms with Crippen molar-refractivity contribution < 1.29 is 0 Å². The van der Waals surface area contributed by atoms with Gasteiger partial charge in [0.25, 0.3) is 0 Å². The monoisotopic (exact) mass is 242 g/mol. The molecule has 0 atom stereocenters. The number of hydrogen-bond acceptors (Lipinski definition) is 3. The largest absolute Gasteiger partial charge is 0.370 e. The van der Waals surface area contributed by atoms with Gasteiger partial charge in [-0.2, -0.15) is 11.8 Å². The smallest absolute Gasteiger partial charge is 0.0471 e. The highest BCUT2D eigenvalue weighted by Gasteiger charge is 2.11. The molecule has 0 spiro atoms. The zero-order valence-electron chi connectivity index (χ0n) is 8.58. The van der Waals surface area contributed by atoms with E-state index in [1.807, 2.05) is 23.9 Å². The highest BCUT2D eigenvalue weighted by molar-refractivity contribution is 7.99. The summed E-state index contributed by atoms with van der Waals surface area (Å²) in [5, 5.41) is 0.785. The first-order chi connectivity index (χ1) is 7.31. The van der Waals surface area contributed by atoms with Crippen LogP contribution < -0.4 is 10.6 Å². The van der Waals surface area contributed by atoms with Crippen LogP contribution >= 0.6 is 23.4 Å². The lowest BCUT2D eigenvalue weighted by atomic mass is 10.2. The van der Waals surface area contributed by atoms with Crippen molar-refractivity contribution in [1.82, 2.24) is 0 Å². The van der Waals surface area contributed by atoms with Crippen molar-refractivity contribution >= 4 is 29.1 Å². The summed E-state index contributed by atoms with van der Waals surface area (Å²) in [7, 11) is 0. The predicted octanol–water partition coefficient (Wildman–Crippen LogP) is 2.35. The van der Waals surface area contributed by atoms with Crippen LogP contribution in [-0.4, -0.2) is 24.6 Å². The maximum Gasteiger partial charge on any atom is 0.0471 e. The van der Waals surface area contributed by atoms with Gasteiger partial charge in [0.05, 0.1) is 0 Å². The molecule has 1 aliphatic heterocycles. The van der Waals surface area contributed by atoms with Crippen LogP contribution in [0.5, 0.6) is 0 Å². The van der Waals surface area contributed by atoms with Crippen LogP contribution in [0.4, 0.5) is 5.69 Å². The molecule has 0 bridgehead atoms. The molecule has 2 N–H and O–H groups in total. The van der Waals surface area contributed by atoms with Crippen molar-refractivity contribution in [2.75, 3.05) is 29.5 Å². The molecule has 2 nitrogen and oxygen atoms in total. The molecule has 0 aliphatic carbocycles. The van der Waals surface area contributed by atoms with Gasteiger partial charge >= 0.3 is 0 Å². The Morgan fingerprint density at radius 2 is 2.07 bits per heavy atom. The van der Waals surface area contributed by atoms with E-state index in [2.05, 4.69) is 11.0 Å². The fourth-order valence-corrected chi connectivity index (χ4v) is 2.88. The second-order valence-electron chi connectivity index (χ2n) is 3.58. The first kappa shape index (κ1) is 11.1. The minimum absolute atomic E-state index is 0.509. The Balaban J connectivity index is 2.17. The Morgan fingerprint density at radius 1 is 1.33 bits per heavy atom. The van der Waals surface area contributed by atoms with Crippen molar-refractivity contribution in [1.29, 1.82) is 0 Å². The Bertz CT molecular complexity index is 337. The van der Waals surface area contributed by atoms with Gasteiger partial charge in [0, 0.05) is 41.8 Å². The van der Waals surface area contributed by atoms with E-state index in [9.17, 15) is 0 Å². The molecule has 1 aromatic rings. The molecule has 2 rings (SSSR count). The minimum Gasteiger partial charge on any atom is -0.370 e. The summed E-state index contributed by atoms with van der Waals surface area (Å²) in [5.41, 5.74) is 7.82. The van der Waals surface area contributed by atoms with Gasteiger partial charge in [-0.15, -0.1) is 0 Å². The lowest BCUT2D eigenvalue weighted by Gasteiger charge is -2.28. The molecular formula is C11H15ClN2S. The van der Waals surface area contributed by atoms with Gasteiger partial charge in [0.2, 0.25) is 0 Å². The summed E-state index contributed by atoms with van der Waals surface area (Å²) in [5.74, 6) is 2.41. The van der Waals surface area contributed by atoms with E-state index >= 15 is 0 Å². The van der Waals surface area contributed by atoms with E-state index < -0.39 is 0 Å². The van der Waals surface area contributed by atoms with Gasteiger partial charge in [-0.05, 0) is 17.7 Å². The topological polar surface area (TPSA) is 29.3 Å². The molecule has 1 saturated heterocycles. The summed E-state index contributed by atoms with van der Waals surface area (Å²) < 4.78 is 0. The number of anilines is 1. The van der Waals surface area contributed by atoms with Crippen LogP contribution in [0, 0.1) is 0 Å². The Morgan fingerprint density at radius 3 is 2.67 bits per heavy atom. The molecule has 0 amide bonds. The van der Waals surface area contributed by atoms with Crippen LogP contribution in [0.25, 0.3) is 0 Å². The molecule has 4 heteroatoms. The summed E-state index contributed by atoms with van der Waals surface area (Å²) in [4.78, 5) is 2.38. The number of nitrogens with two attached hydrogens (primary N) is 1. The van der Waals surface area contributed by atoms with Crippen molar-refractivity contribution in [2.24, 2.45) is 5.73 Å². The van der Waals surface area contributed by atoms with E-state index in [1.165, 1.54) is 17.2 Å². The van der Waals surface area contributed by atoms with Crippen molar-refractivity contribution in [2.45, 2.75) is 6.54 Å². The van der Waals surface area contributed by atoms with Crippen molar-refractivity contribution in [3.05, 3.63) is 28.8 Å². The SMILES string of the molecule is NCc1ccc(N2CCSCC2)cc1Cl. The Kier molecular flexibility index (Phi) is 3.78.